The number of aliphatic hydroxyl groups excluding tert-OH is 1. The van der Waals surface area contributed by atoms with Crippen molar-refractivity contribution in [1.29, 1.82) is 0 Å². The molecule has 1 saturated heterocycles. The Hall–Kier alpha value is -0.885. The van der Waals surface area contributed by atoms with Gasteiger partial charge in [0.25, 0.3) is 0 Å². The molecule has 8 heteroatoms. The van der Waals surface area contributed by atoms with E-state index in [4.69, 9.17) is 20.9 Å². The molecule has 0 bridgehead atoms. The number of rotatable bonds is 5. The van der Waals surface area contributed by atoms with Crippen LogP contribution in [0.2, 0.25) is 0 Å². The third kappa shape index (κ3) is 3.79. The fraction of sp³-hybridized carbons (Fsp3) is 0.600. The highest BCUT2D eigenvalue weighted by molar-refractivity contribution is 6.62. The van der Waals surface area contributed by atoms with Gasteiger partial charge in [-0.25, -0.2) is 8.78 Å². The number of aliphatic hydroxyl groups is 1. The zero-order valence-electron chi connectivity index (χ0n) is 13.6. The molecule has 4 nitrogen and oxygen atoms in total. The van der Waals surface area contributed by atoms with Crippen molar-refractivity contribution in [3.63, 3.8) is 0 Å². The Kier molecular flexibility index (Phi) is 5.26. The minimum absolute atomic E-state index is 0.0256. The zero-order valence-corrected chi connectivity index (χ0v) is 14.4. The van der Waals surface area contributed by atoms with E-state index in [1.807, 2.05) is 27.7 Å². The highest BCUT2D eigenvalue weighted by Crippen LogP contribution is 2.36. The second-order valence-electron chi connectivity index (χ2n) is 6.64. The zero-order chi connectivity index (χ0) is 17.4. The molecule has 0 spiro atoms. The van der Waals surface area contributed by atoms with Gasteiger partial charge in [0.1, 0.15) is 17.3 Å². The monoisotopic (exact) mass is 347 g/mol. The Morgan fingerprint density at radius 3 is 2.09 bits per heavy atom. The molecule has 0 aromatic heterocycles. The highest BCUT2D eigenvalue weighted by Gasteiger charge is 2.51. The van der Waals surface area contributed by atoms with Gasteiger partial charge in [0, 0.05) is 6.54 Å². The van der Waals surface area contributed by atoms with Gasteiger partial charge >= 0.3 is 7.12 Å². The summed E-state index contributed by atoms with van der Waals surface area (Å²) < 4.78 is 39.9. The number of hydrogen-bond donors (Lipinski definition) is 2. The summed E-state index contributed by atoms with van der Waals surface area (Å²) >= 11 is 5.45. The molecule has 128 valence electrons. The molecule has 0 radical (unpaired) electrons. The Balaban J connectivity index is 2.20. The Labute approximate surface area is 140 Å². The van der Waals surface area contributed by atoms with E-state index >= 15 is 0 Å². The van der Waals surface area contributed by atoms with Crippen molar-refractivity contribution in [1.82, 2.24) is 0 Å². The molecule has 23 heavy (non-hydrogen) atoms. The average molecular weight is 348 g/mol. The lowest BCUT2D eigenvalue weighted by Gasteiger charge is -2.32. The first-order valence-electron chi connectivity index (χ1n) is 7.40. The predicted octanol–water partition coefficient (Wildman–Crippen LogP) is 2.28. The summed E-state index contributed by atoms with van der Waals surface area (Å²) in [6.07, 6.45) is -0.891. The summed E-state index contributed by atoms with van der Waals surface area (Å²) in [4.78, 5) is 0. The molecule has 1 aliphatic heterocycles. The fourth-order valence-electron chi connectivity index (χ4n) is 2.15. The number of nitrogens with one attached hydrogen (secondary N) is 1. The first-order valence-corrected chi connectivity index (χ1v) is 7.93. The van der Waals surface area contributed by atoms with Crippen molar-refractivity contribution >= 4 is 29.9 Å². The van der Waals surface area contributed by atoms with E-state index in [-0.39, 0.29) is 23.6 Å². The van der Waals surface area contributed by atoms with Crippen LogP contribution in [0.25, 0.3) is 0 Å². The SMILES string of the molecule is CC1(C)OB(c2cc(F)c(NCC(O)CCl)c(F)c2)OC1(C)C. The van der Waals surface area contributed by atoms with Crippen LogP contribution in [0.4, 0.5) is 14.5 Å². The molecule has 0 amide bonds. The molecule has 1 aliphatic rings. The molecule has 1 fully saturated rings. The van der Waals surface area contributed by atoms with Gasteiger partial charge in [-0.2, -0.15) is 0 Å². The Morgan fingerprint density at radius 1 is 1.17 bits per heavy atom. The van der Waals surface area contributed by atoms with E-state index in [2.05, 4.69) is 5.32 Å². The molecule has 1 atom stereocenters. The van der Waals surface area contributed by atoms with Crippen LogP contribution in [0, 0.1) is 11.6 Å². The summed E-state index contributed by atoms with van der Waals surface area (Å²) in [6.45, 7) is 7.41. The van der Waals surface area contributed by atoms with Gasteiger partial charge < -0.3 is 19.7 Å². The number of hydrogen-bond acceptors (Lipinski definition) is 4. The second-order valence-corrected chi connectivity index (χ2v) is 6.95. The molecular weight excluding hydrogens is 326 g/mol. The van der Waals surface area contributed by atoms with Gasteiger partial charge in [-0.1, -0.05) is 0 Å². The second kappa shape index (κ2) is 6.55. The van der Waals surface area contributed by atoms with Gasteiger partial charge in [0.2, 0.25) is 0 Å². The highest BCUT2D eigenvalue weighted by atomic mass is 35.5. The maximum absolute atomic E-state index is 14.2. The van der Waals surface area contributed by atoms with Gasteiger partial charge in [-0.3, -0.25) is 0 Å². The van der Waals surface area contributed by atoms with E-state index < -0.39 is 36.1 Å². The molecule has 0 aliphatic carbocycles. The van der Waals surface area contributed by atoms with Crippen LogP contribution < -0.4 is 10.8 Å². The maximum Gasteiger partial charge on any atom is 0.495 e. The van der Waals surface area contributed by atoms with Crippen LogP contribution in [0.3, 0.4) is 0 Å². The predicted molar refractivity (Wildman–Crippen MR) is 87.3 cm³/mol. The molecule has 2 N–H and O–H groups in total. The fourth-order valence-corrected chi connectivity index (χ4v) is 2.26. The normalized spacial score (nSPS) is 20.6. The Bertz CT molecular complexity index is 547. The minimum Gasteiger partial charge on any atom is -0.399 e. The van der Waals surface area contributed by atoms with Crippen molar-refractivity contribution in [2.75, 3.05) is 17.7 Å². The summed E-state index contributed by atoms with van der Waals surface area (Å²) in [5.74, 6) is -1.59. The van der Waals surface area contributed by atoms with Gasteiger partial charge in [-0.15, -0.1) is 11.6 Å². The van der Waals surface area contributed by atoms with Crippen LogP contribution in [0.15, 0.2) is 12.1 Å². The summed E-state index contributed by atoms with van der Waals surface area (Å²) in [6, 6.07) is 2.33. The number of halogens is 3. The van der Waals surface area contributed by atoms with E-state index in [1.165, 1.54) is 12.1 Å². The molecule has 1 heterocycles. The number of alkyl halides is 1. The third-order valence-corrected chi connectivity index (χ3v) is 4.64. The quantitative estimate of drug-likeness (QED) is 0.634. The topological polar surface area (TPSA) is 50.7 Å². The number of benzene rings is 1. The van der Waals surface area contributed by atoms with Gasteiger partial charge in [0.15, 0.2) is 0 Å². The third-order valence-electron chi connectivity index (χ3n) is 4.28. The van der Waals surface area contributed by atoms with Crippen molar-refractivity contribution in [3.8, 4) is 0 Å². The van der Waals surface area contributed by atoms with Crippen LogP contribution >= 0.6 is 11.6 Å². The van der Waals surface area contributed by atoms with E-state index in [0.29, 0.717) is 0 Å². The molecule has 0 saturated carbocycles. The standard InChI is InChI=1S/C15H21BClF2NO3/c1-14(2)15(3,4)23-16(22-14)9-5-11(18)13(12(19)6-9)20-8-10(21)7-17/h5-6,10,20-21H,7-8H2,1-4H3. The van der Waals surface area contributed by atoms with Crippen molar-refractivity contribution < 1.29 is 23.2 Å². The lowest BCUT2D eigenvalue weighted by molar-refractivity contribution is 0.00578. The van der Waals surface area contributed by atoms with Gasteiger partial charge in [0.05, 0.1) is 23.2 Å². The van der Waals surface area contributed by atoms with Crippen molar-refractivity contribution in [2.45, 2.75) is 45.0 Å². The molecule has 1 aromatic rings. The lowest BCUT2D eigenvalue weighted by atomic mass is 9.79. The molecule has 1 unspecified atom stereocenters. The van der Waals surface area contributed by atoms with Crippen LogP contribution in [0.5, 0.6) is 0 Å². The summed E-state index contributed by atoms with van der Waals surface area (Å²) in [7, 11) is -0.841. The van der Waals surface area contributed by atoms with E-state index in [9.17, 15) is 13.9 Å². The average Bonchev–Trinajstić information content (AvgIpc) is 2.66. The van der Waals surface area contributed by atoms with Crippen molar-refractivity contribution in [2.24, 2.45) is 0 Å². The van der Waals surface area contributed by atoms with Crippen molar-refractivity contribution in [3.05, 3.63) is 23.8 Å². The smallest absolute Gasteiger partial charge is 0.399 e. The van der Waals surface area contributed by atoms with Crippen LogP contribution in [-0.2, 0) is 9.31 Å². The van der Waals surface area contributed by atoms with Crippen LogP contribution in [0.1, 0.15) is 27.7 Å². The first-order chi connectivity index (χ1) is 10.6. The largest absolute Gasteiger partial charge is 0.495 e. The minimum atomic E-state index is -0.891. The van der Waals surface area contributed by atoms with Crippen LogP contribution in [-0.4, -0.2) is 42.0 Å². The summed E-state index contributed by atoms with van der Waals surface area (Å²) in [5.41, 5.74) is -1.23. The lowest BCUT2D eigenvalue weighted by Crippen LogP contribution is -2.41. The number of anilines is 1. The van der Waals surface area contributed by atoms with Gasteiger partial charge in [-0.05, 0) is 45.3 Å². The van der Waals surface area contributed by atoms with E-state index in [1.54, 1.807) is 0 Å². The van der Waals surface area contributed by atoms with E-state index in [0.717, 1.165) is 0 Å². The maximum atomic E-state index is 14.2. The molecule has 1 aromatic carbocycles. The molecular formula is C15H21BClF2NO3. The summed E-state index contributed by atoms with van der Waals surface area (Å²) in [5, 5.41) is 11.9. The first kappa shape index (κ1) is 18.5. The molecule has 2 rings (SSSR count). The Morgan fingerprint density at radius 2 is 1.65 bits per heavy atom.